The van der Waals surface area contributed by atoms with Gasteiger partial charge in [0.05, 0.1) is 5.92 Å². The molecule has 2 aliphatic carbocycles. The van der Waals surface area contributed by atoms with E-state index in [-0.39, 0.29) is 24.2 Å². The highest BCUT2D eigenvalue weighted by atomic mass is 19.4. The molecular formula is C13H21F3N2O. The van der Waals surface area contributed by atoms with Crippen molar-refractivity contribution in [2.24, 2.45) is 23.0 Å². The van der Waals surface area contributed by atoms with Crippen LogP contribution >= 0.6 is 0 Å². The molecule has 0 saturated heterocycles. The van der Waals surface area contributed by atoms with E-state index < -0.39 is 18.0 Å². The van der Waals surface area contributed by atoms with Crippen LogP contribution in [0.5, 0.6) is 0 Å². The maximum absolute atomic E-state index is 12.7. The molecule has 3 nitrogen and oxygen atoms in total. The fraction of sp³-hybridized carbons (Fsp3) is 0.923. The molecule has 2 fully saturated rings. The molecule has 2 unspecified atom stereocenters. The van der Waals surface area contributed by atoms with Crippen molar-refractivity contribution in [2.45, 2.75) is 44.7 Å². The van der Waals surface area contributed by atoms with Gasteiger partial charge in [-0.3, -0.25) is 4.79 Å². The summed E-state index contributed by atoms with van der Waals surface area (Å²) in [6, 6.07) is 0. The molecule has 6 heteroatoms. The minimum absolute atomic E-state index is 0.0216. The second-order valence-electron chi connectivity index (χ2n) is 6.02. The van der Waals surface area contributed by atoms with Gasteiger partial charge in [0.2, 0.25) is 5.91 Å². The molecule has 2 rings (SSSR count). The first kappa shape index (κ1) is 14.6. The van der Waals surface area contributed by atoms with Gasteiger partial charge in [0.15, 0.2) is 0 Å². The summed E-state index contributed by atoms with van der Waals surface area (Å²) in [5.74, 6) is -2.04. The Morgan fingerprint density at radius 3 is 2.53 bits per heavy atom. The highest BCUT2D eigenvalue weighted by Gasteiger charge is 2.45. The minimum atomic E-state index is -4.17. The molecule has 0 aromatic rings. The molecule has 0 aromatic carbocycles. The number of carbonyl (C=O) groups excluding carboxylic acids is 1. The summed E-state index contributed by atoms with van der Waals surface area (Å²) >= 11 is 0. The number of hydrogen-bond donors (Lipinski definition) is 2. The zero-order valence-electron chi connectivity index (χ0n) is 10.9. The zero-order valence-corrected chi connectivity index (χ0v) is 10.9. The fourth-order valence-corrected chi connectivity index (χ4v) is 2.77. The maximum atomic E-state index is 12.7. The van der Waals surface area contributed by atoms with E-state index in [4.69, 9.17) is 5.73 Å². The largest absolute Gasteiger partial charge is 0.391 e. The van der Waals surface area contributed by atoms with E-state index in [1.54, 1.807) is 0 Å². The van der Waals surface area contributed by atoms with Crippen LogP contribution in [-0.4, -0.2) is 25.2 Å². The average Bonchev–Trinajstić information content (AvgIpc) is 3.16. The first-order chi connectivity index (χ1) is 8.86. The van der Waals surface area contributed by atoms with E-state index in [1.807, 2.05) is 0 Å². The van der Waals surface area contributed by atoms with Gasteiger partial charge in [0.25, 0.3) is 0 Å². The molecule has 0 radical (unpaired) electrons. The van der Waals surface area contributed by atoms with Crippen molar-refractivity contribution >= 4 is 5.91 Å². The van der Waals surface area contributed by atoms with E-state index in [0.717, 1.165) is 12.8 Å². The Morgan fingerprint density at radius 1 is 1.32 bits per heavy atom. The van der Waals surface area contributed by atoms with Gasteiger partial charge < -0.3 is 11.1 Å². The lowest BCUT2D eigenvalue weighted by Crippen LogP contribution is -2.40. The second-order valence-corrected chi connectivity index (χ2v) is 6.02. The molecule has 110 valence electrons. The Hall–Kier alpha value is -0.780. The van der Waals surface area contributed by atoms with Crippen LogP contribution in [0.15, 0.2) is 0 Å². The number of rotatable bonds is 4. The van der Waals surface area contributed by atoms with Crippen molar-refractivity contribution in [3.8, 4) is 0 Å². The van der Waals surface area contributed by atoms with E-state index >= 15 is 0 Å². The molecule has 2 atom stereocenters. The van der Waals surface area contributed by atoms with Crippen LogP contribution < -0.4 is 11.1 Å². The van der Waals surface area contributed by atoms with E-state index in [9.17, 15) is 18.0 Å². The third kappa shape index (κ3) is 3.61. The molecule has 3 N–H and O–H groups in total. The van der Waals surface area contributed by atoms with Crippen molar-refractivity contribution in [3.63, 3.8) is 0 Å². The quantitative estimate of drug-likeness (QED) is 0.828. The lowest BCUT2D eigenvalue weighted by Gasteiger charge is -2.30. The molecule has 2 aliphatic rings. The van der Waals surface area contributed by atoms with Gasteiger partial charge in [0, 0.05) is 12.5 Å². The van der Waals surface area contributed by atoms with E-state index in [2.05, 4.69) is 5.32 Å². The highest BCUT2D eigenvalue weighted by molar-refractivity contribution is 5.78. The third-order valence-corrected chi connectivity index (χ3v) is 4.54. The topological polar surface area (TPSA) is 55.1 Å². The number of amides is 1. The fourth-order valence-electron chi connectivity index (χ4n) is 2.77. The van der Waals surface area contributed by atoms with Gasteiger partial charge in [-0.05, 0) is 44.1 Å². The van der Waals surface area contributed by atoms with Crippen molar-refractivity contribution in [2.75, 3.05) is 13.1 Å². The van der Waals surface area contributed by atoms with Crippen LogP contribution in [0, 0.1) is 17.3 Å². The van der Waals surface area contributed by atoms with Crippen LogP contribution in [0.1, 0.15) is 38.5 Å². The average molecular weight is 278 g/mol. The number of nitrogens with two attached hydrogens (primary N) is 1. The SMILES string of the molecule is NCC1(CNC(=O)C2CCCC(C(F)(F)F)C2)CC1. The van der Waals surface area contributed by atoms with Gasteiger partial charge in [-0.1, -0.05) is 6.42 Å². The predicted octanol–water partition coefficient (Wildman–Crippen LogP) is 2.21. The molecule has 2 saturated carbocycles. The number of nitrogens with one attached hydrogen (secondary N) is 1. The van der Waals surface area contributed by atoms with Crippen LogP contribution in [0.3, 0.4) is 0 Å². The van der Waals surface area contributed by atoms with Crippen molar-refractivity contribution in [1.82, 2.24) is 5.32 Å². The van der Waals surface area contributed by atoms with Crippen LogP contribution in [-0.2, 0) is 4.79 Å². The lowest BCUT2D eigenvalue weighted by molar-refractivity contribution is -0.186. The van der Waals surface area contributed by atoms with Crippen LogP contribution in [0.4, 0.5) is 13.2 Å². The number of carbonyl (C=O) groups is 1. The Kier molecular flexibility index (Phi) is 4.08. The first-order valence-electron chi connectivity index (χ1n) is 6.91. The van der Waals surface area contributed by atoms with Gasteiger partial charge in [-0.25, -0.2) is 0 Å². The Morgan fingerprint density at radius 2 is 2.00 bits per heavy atom. The summed E-state index contributed by atoms with van der Waals surface area (Å²) in [4.78, 5) is 11.9. The van der Waals surface area contributed by atoms with E-state index in [0.29, 0.717) is 25.9 Å². The highest BCUT2D eigenvalue weighted by Crippen LogP contribution is 2.44. The molecule has 0 heterocycles. The molecule has 1 amide bonds. The van der Waals surface area contributed by atoms with Crippen molar-refractivity contribution < 1.29 is 18.0 Å². The van der Waals surface area contributed by atoms with Gasteiger partial charge in [-0.15, -0.1) is 0 Å². The summed E-state index contributed by atoms with van der Waals surface area (Å²) in [6.07, 6.45) is -1.05. The Labute approximate surface area is 111 Å². The van der Waals surface area contributed by atoms with Crippen LogP contribution in [0.25, 0.3) is 0 Å². The smallest absolute Gasteiger partial charge is 0.355 e. The maximum Gasteiger partial charge on any atom is 0.391 e. The summed E-state index contributed by atoms with van der Waals surface area (Å²) in [6.45, 7) is 1.04. The monoisotopic (exact) mass is 278 g/mol. The standard InChI is InChI=1S/C13H21F3N2O/c14-13(15,16)10-3-1-2-9(6-10)11(19)18-8-12(7-17)4-5-12/h9-10H,1-8,17H2,(H,18,19). The first-order valence-corrected chi connectivity index (χ1v) is 6.91. The number of halogens is 3. The van der Waals surface area contributed by atoms with Gasteiger partial charge >= 0.3 is 6.18 Å². The number of hydrogen-bond acceptors (Lipinski definition) is 2. The predicted molar refractivity (Wildman–Crippen MR) is 65.2 cm³/mol. The Balaban J connectivity index is 1.82. The number of alkyl halides is 3. The molecule has 0 aromatic heterocycles. The Bertz CT molecular complexity index is 339. The summed E-state index contributed by atoms with van der Waals surface area (Å²) in [5.41, 5.74) is 5.63. The molecule has 19 heavy (non-hydrogen) atoms. The van der Waals surface area contributed by atoms with Crippen molar-refractivity contribution in [3.05, 3.63) is 0 Å². The normalized spacial score (nSPS) is 29.9. The second kappa shape index (κ2) is 5.31. The third-order valence-electron chi connectivity index (χ3n) is 4.54. The van der Waals surface area contributed by atoms with Crippen molar-refractivity contribution in [1.29, 1.82) is 0 Å². The van der Waals surface area contributed by atoms with Gasteiger partial charge in [-0.2, -0.15) is 13.2 Å². The molecule has 0 bridgehead atoms. The van der Waals surface area contributed by atoms with Crippen LogP contribution in [0.2, 0.25) is 0 Å². The molecule has 0 aliphatic heterocycles. The molecule has 0 spiro atoms. The van der Waals surface area contributed by atoms with E-state index in [1.165, 1.54) is 0 Å². The summed E-state index contributed by atoms with van der Waals surface area (Å²) in [5, 5.41) is 2.79. The minimum Gasteiger partial charge on any atom is -0.355 e. The summed E-state index contributed by atoms with van der Waals surface area (Å²) in [7, 11) is 0. The van der Waals surface area contributed by atoms with Gasteiger partial charge in [0.1, 0.15) is 0 Å². The lowest BCUT2D eigenvalue weighted by atomic mass is 9.80. The zero-order chi connectivity index (χ0) is 14.1. The molecular weight excluding hydrogens is 257 g/mol. The summed E-state index contributed by atoms with van der Waals surface area (Å²) < 4.78 is 38.0.